The van der Waals surface area contributed by atoms with Crippen LogP contribution in [0.15, 0.2) is 91.0 Å². The lowest BCUT2D eigenvalue weighted by molar-refractivity contribution is 0.0567. The first-order valence-electron chi connectivity index (χ1n) is 12.2. The number of hydrogen-bond acceptors (Lipinski definition) is 10. The summed E-state index contributed by atoms with van der Waals surface area (Å²) in [5.41, 5.74) is -1.63. The van der Waals surface area contributed by atoms with E-state index in [1.165, 1.54) is 4.68 Å². The molecule has 214 valence electrons. The monoisotopic (exact) mass is 628 g/mol. The highest BCUT2D eigenvalue weighted by molar-refractivity contribution is 9.10. The van der Waals surface area contributed by atoms with Gasteiger partial charge < -0.3 is 9.84 Å². The zero-order chi connectivity index (χ0) is 29.2. The second-order valence-corrected chi connectivity index (χ2v) is 9.09. The molecule has 0 aliphatic carbocycles. The number of aromatic amines is 1. The molecule has 0 saturated carbocycles. The summed E-state index contributed by atoms with van der Waals surface area (Å²) in [7, 11) is 0. The second-order valence-electron chi connectivity index (χ2n) is 8.34. The molecule has 16 nitrogen and oxygen atoms in total. The number of ether oxygens (including phenoxy) is 1. The predicted molar refractivity (Wildman–Crippen MR) is 147 cm³/mol. The molecule has 4 aromatic heterocycles. The lowest BCUT2D eigenvalue weighted by Crippen LogP contribution is -2.43. The summed E-state index contributed by atoms with van der Waals surface area (Å²) in [6.45, 7) is 1.55. The highest BCUT2D eigenvalue weighted by Crippen LogP contribution is 2.01. The van der Waals surface area contributed by atoms with Crippen LogP contribution in [0.4, 0.5) is 0 Å². The van der Waals surface area contributed by atoms with Crippen molar-refractivity contribution in [3.8, 4) is 5.88 Å². The largest absolute Gasteiger partial charge is 0.488 e. The molecular weight excluding hydrogens is 604 g/mol. The topological polar surface area (TPSA) is 190 Å². The number of aryl methyl sites for hydroxylation is 4. The molecule has 0 amide bonds. The molecule has 5 aromatic rings. The van der Waals surface area contributed by atoms with E-state index in [2.05, 4.69) is 36.3 Å². The molecule has 0 aliphatic rings. The number of aromatic hydroxyl groups is 1. The first kappa shape index (κ1) is 29.1. The minimum atomic E-state index is -0.889. The maximum absolute atomic E-state index is 12.5. The molecule has 0 bridgehead atoms. The SMILES string of the molecule is O=c1[nH]c(=O)n(CCn2cccn2)nc1O.O=c1c(Br)nn(CCn2cccn2)c(=O)n1COCc1ccccc1. The second kappa shape index (κ2) is 13.9. The van der Waals surface area contributed by atoms with Crippen molar-refractivity contribution in [3.05, 3.63) is 119 Å². The summed E-state index contributed by atoms with van der Waals surface area (Å²) in [5, 5.41) is 24.5. The third kappa shape index (κ3) is 8.05. The highest BCUT2D eigenvalue weighted by atomic mass is 79.9. The van der Waals surface area contributed by atoms with Crippen LogP contribution < -0.4 is 22.5 Å². The molecule has 41 heavy (non-hydrogen) atoms. The summed E-state index contributed by atoms with van der Waals surface area (Å²) >= 11 is 3.10. The van der Waals surface area contributed by atoms with Gasteiger partial charge in [-0.3, -0.25) is 23.9 Å². The van der Waals surface area contributed by atoms with Crippen molar-refractivity contribution in [2.45, 2.75) is 39.5 Å². The fraction of sp³-hybridized carbons (Fsp3) is 0.250. The van der Waals surface area contributed by atoms with E-state index >= 15 is 0 Å². The van der Waals surface area contributed by atoms with Crippen LogP contribution in [0.5, 0.6) is 5.88 Å². The third-order valence-electron chi connectivity index (χ3n) is 5.49. The molecule has 0 atom stereocenters. The lowest BCUT2D eigenvalue weighted by atomic mass is 10.2. The quantitative estimate of drug-likeness (QED) is 0.209. The van der Waals surface area contributed by atoms with Crippen LogP contribution in [0.3, 0.4) is 0 Å². The number of hydrogen-bond donors (Lipinski definition) is 2. The van der Waals surface area contributed by atoms with Gasteiger partial charge in [0.25, 0.3) is 11.4 Å². The van der Waals surface area contributed by atoms with Gasteiger partial charge in [0.15, 0.2) is 4.60 Å². The number of H-pyrrole nitrogens is 1. The number of rotatable bonds is 10. The lowest BCUT2D eigenvalue weighted by Gasteiger charge is -2.10. The van der Waals surface area contributed by atoms with Gasteiger partial charge in [0.05, 0.1) is 32.8 Å². The Morgan fingerprint density at radius 1 is 0.829 bits per heavy atom. The Kier molecular flexibility index (Phi) is 9.89. The summed E-state index contributed by atoms with van der Waals surface area (Å²) in [5.74, 6) is -0.722. The molecule has 0 saturated heterocycles. The van der Waals surface area contributed by atoms with Gasteiger partial charge in [-0.15, -0.1) is 5.10 Å². The van der Waals surface area contributed by atoms with Crippen molar-refractivity contribution in [1.29, 1.82) is 0 Å². The fourth-order valence-electron chi connectivity index (χ4n) is 3.45. The molecular formula is C24H25BrN10O6. The van der Waals surface area contributed by atoms with E-state index in [0.717, 1.165) is 14.8 Å². The third-order valence-corrected chi connectivity index (χ3v) is 5.99. The number of nitrogens with one attached hydrogen (secondary N) is 1. The van der Waals surface area contributed by atoms with Gasteiger partial charge in [-0.05, 0) is 33.6 Å². The van der Waals surface area contributed by atoms with Crippen LogP contribution in [0.25, 0.3) is 0 Å². The Morgan fingerprint density at radius 2 is 1.46 bits per heavy atom. The van der Waals surface area contributed by atoms with Crippen LogP contribution in [0.2, 0.25) is 0 Å². The van der Waals surface area contributed by atoms with Gasteiger partial charge in [0.1, 0.15) is 6.73 Å². The maximum atomic E-state index is 12.5. The molecule has 0 spiro atoms. The molecule has 0 unspecified atom stereocenters. The zero-order valence-electron chi connectivity index (χ0n) is 21.5. The first-order chi connectivity index (χ1) is 19.8. The normalized spacial score (nSPS) is 10.8. The van der Waals surface area contributed by atoms with Crippen LogP contribution >= 0.6 is 15.9 Å². The molecule has 17 heteroatoms. The Balaban J connectivity index is 0.000000208. The van der Waals surface area contributed by atoms with E-state index in [1.807, 2.05) is 35.3 Å². The maximum Gasteiger partial charge on any atom is 0.349 e. The number of benzene rings is 1. The number of halogens is 1. The molecule has 4 heterocycles. The standard InChI is InChI=1S/C16H16BrN5O3.C8H9N5O3/c17-14-15(23)21(12-25-11-13-5-2-1-3-6-13)16(24)22(19-14)10-9-20-8-4-7-18-20;14-6-7(15)11-13(8(16)10-6)5-4-12-3-1-2-9-12/h1-8H,9-12H2;1-3H,4-5H2,(H,11,15)(H,10,14,16). The first-order valence-corrected chi connectivity index (χ1v) is 13.0. The van der Waals surface area contributed by atoms with Crippen LogP contribution in [0.1, 0.15) is 5.56 Å². The van der Waals surface area contributed by atoms with Crippen molar-refractivity contribution in [3.63, 3.8) is 0 Å². The Bertz CT molecular complexity index is 1780. The summed E-state index contributed by atoms with van der Waals surface area (Å²) in [4.78, 5) is 48.7. The molecule has 0 fully saturated rings. The van der Waals surface area contributed by atoms with Gasteiger partial charge in [-0.25, -0.2) is 23.5 Å². The Hall–Kier alpha value is -4.90. The van der Waals surface area contributed by atoms with Gasteiger partial charge in [0.2, 0.25) is 0 Å². The van der Waals surface area contributed by atoms with E-state index in [9.17, 15) is 19.2 Å². The summed E-state index contributed by atoms with van der Waals surface area (Å²) in [6.07, 6.45) is 6.79. The van der Waals surface area contributed by atoms with Crippen molar-refractivity contribution in [2.75, 3.05) is 0 Å². The molecule has 1 aromatic carbocycles. The van der Waals surface area contributed by atoms with Crippen molar-refractivity contribution in [1.82, 2.24) is 48.7 Å². The predicted octanol–water partition coefficient (Wildman–Crippen LogP) is -0.228. The van der Waals surface area contributed by atoms with E-state index < -0.39 is 28.4 Å². The van der Waals surface area contributed by atoms with Crippen molar-refractivity contribution in [2.24, 2.45) is 0 Å². The fourth-order valence-corrected chi connectivity index (χ4v) is 3.86. The molecule has 0 radical (unpaired) electrons. The minimum absolute atomic E-state index is 0.0656. The van der Waals surface area contributed by atoms with Crippen molar-refractivity contribution < 1.29 is 9.84 Å². The van der Waals surface area contributed by atoms with E-state index in [4.69, 9.17) is 9.84 Å². The van der Waals surface area contributed by atoms with Gasteiger partial charge in [-0.2, -0.15) is 15.3 Å². The van der Waals surface area contributed by atoms with Crippen LogP contribution in [-0.2, 0) is 44.3 Å². The van der Waals surface area contributed by atoms with E-state index in [-0.39, 0.29) is 24.4 Å². The van der Waals surface area contributed by atoms with Crippen molar-refractivity contribution >= 4 is 15.9 Å². The minimum Gasteiger partial charge on any atom is -0.488 e. The number of nitrogens with zero attached hydrogens (tertiary/aromatic N) is 9. The van der Waals surface area contributed by atoms with E-state index in [0.29, 0.717) is 19.7 Å². The summed E-state index contributed by atoms with van der Waals surface area (Å²) < 4.78 is 12.1. The molecule has 2 N–H and O–H groups in total. The average Bonchev–Trinajstić information content (AvgIpc) is 3.69. The van der Waals surface area contributed by atoms with Crippen LogP contribution in [-0.4, -0.2) is 53.8 Å². The molecule has 0 aliphatic heterocycles. The molecule has 5 rings (SSSR count). The Morgan fingerprint density at radius 3 is 2.07 bits per heavy atom. The number of aromatic nitrogens is 10. The summed E-state index contributed by atoms with van der Waals surface area (Å²) in [6, 6.07) is 13.1. The Labute approximate surface area is 238 Å². The van der Waals surface area contributed by atoms with Gasteiger partial charge in [-0.1, -0.05) is 30.3 Å². The zero-order valence-corrected chi connectivity index (χ0v) is 23.1. The van der Waals surface area contributed by atoms with Crippen LogP contribution in [0, 0.1) is 0 Å². The van der Waals surface area contributed by atoms with Gasteiger partial charge in [0, 0.05) is 24.8 Å². The van der Waals surface area contributed by atoms with Gasteiger partial charge >= 0.3 is 16.9 Å². The van der Waals surface area contributed by atoms with E-state index in [1.54, 1.807) is 46.3 Å². The smallest absolute Gasteiger partial charge is 0.349 e. The highest BCUT2D eigenvalue weighted by Gasteiger charge is 2.12. The average molecular weight is 629 g/mol.